The smallest absolute Gasteiger partial charge is 0.136 e. The second kappa shape index (κ2) is 5.67. The molecule has 0 aliphatic heterocycles. The molecule has 2 heteroatoms. The molecule has 2 aromatic carbocycles. The van der Waals surface area contributed by atoms with Crippen LogP contribution in [-0.2, 0) is 4.79 Å². The van der Waals surface area contributed by atoms with Gasteiger partial charge in [0, 0.05) is 0 Å². The molecule has 0 unspecified atom stereocenters. The van der Waals surface area contributed by atoms with E-state index in [1.165, 1.54) is 0 Å². The molecule has 0 amide bonds. The molecule has 0 radical (unpaired) electrons. The molecule has 18 heavy (non-hydrogen) atoms. The molecule has 0 fully saturated rings. The average molecular weight is 236 g/mol. The monoisotopic (exact) mass is 236 g/mol. The third kappa shape index (κ3) is 2.76. The maximum Gasteiger partial charge on any atom is 0.136 e. The van der Waals surface area contributed by atoms with Crippen molar-refractivity contribution in [1.29, 1.82) is 0 Å². The quantitative estimate of drug-likeness (QED) is 0.503. The largest absolute Gasteiger partial charge is 0.507 e. The lowest BCUT2D eigenvalue weighted by molar-refractivity contribution is 0.443. The molecular formula is C16H12O2. The van der Waals surface area contributed by atoms with Gasteiger partial charge < -0.3 is 5.11 Å². The Morgan fingerprint density at radius 1 is 0.944 bits per heavy atom. The maximum absolute atomic E-state index is 11.0. The van der Waals surface area contributed by atoms with Crippen LogP contribution < -0.4 is 0 Å². The van der Waals surface area contributed by atoms with Gasteiger partial charge in [0.25, 0.3) is 0 Å². The molecular weight excluding hydrogens is 224 g/mol. The number of benzene rings is 2. The minimum atomic E-state index is -0.0811. The van der Waals surface area contributed by atoms with E-state index in [2.05, 4.69) is 0 Å². The first-order valence-corrected chi connectivity index (χ1v) is 5.58. The molecule has 0 aromatic heterocycles. The highest BCUT2D eigenvalue weighted by molar-refractivity contribution is 5.97. The van der Waals surface area contributed by atoms with Gasteiger partial charge >= 0.3 is 0 Å². The second-order valence-corrected chi connectivity index (χ2v) is 3.78. The predicted octanol–water partition coefficient (Wildman–Crippen LogP) is 3.50. The van der Waals surface area contributed by atoms with Crippen molar-refractivity contribution in [2.24, 2.45) is 0 Å². The van der Waals surface area contributed by atoms with Crippen molar-refractivity contribution in [2.45, 2.75) is 0 Å². The Balaban J connectivity index is 2.36. The van der Waals surface area contributed by atoms with E-state index < -0.39 is 0 Å². The zero-order valence-corrected chi connectivity index (χ0v) is 9.71. The molecule has 0 spiro atoms. The summed E-state index contributed by atoms with van der Waals surface area (Å²) in [6.45, 7) is 0. The van der Waals surface area contributed by atoms with Crippen LogP contribution in [0, 0.1) is 0 Å². The van der Waals surface area contributed by atoms with E-state index in [9.17, 15) is 9.90 Å². The van der Waals surface area contributed by atoms with Crippen LogP contribution in [0.5, 0.6) is 0 Å². The van der Waals surface area contributed by atoms with E-state index in [1.54, 1.807) is 24.2 Å². The lowest BCUT2D eigenvalue weighted by atomic mass is 10.0. The number of carbonyl (C=O) groups excluding carboxylic acids is 1. The predicted molar refractivity (Wildman–Crippen MR) is 72.6 cm³/mol. The lowest BCUT2D eigenvalue weighted by Gasteiger charge is -2.02. The number of aliphatic hydroxyl groups is 1. The molecule has 1 N–H and O–H groups in total. The number of hydrogen-bond donors (Lipinski definition) is 1. The fourth-order valence-corrected chi connectivity index (χ4v) is 1.64. The Morgan fingerprint density at radius 3 is 2.06 bits per heavy atom. The molecule has 2 nitrogen and oxygen atoms in total. The van der Waals surface area contributed by atoms with Crippen LogP contribution in [0.3, 0.4) is 0 Å². The first-order valence-electron chi connectivity index (χ1n) is 5.58. The van der Waals surface area contributed by atoms with Gasteiger partial charge in [-0.1, -0.05) is 60.7 Å². The van der Waals surface area contributed by atoms with Gasteiger partial charge in [-0.05, 0) is 17.2 Å². The summed E-state index contributed by atoms with van der Waals surface area (Å²) < 4.78 is 0. The molecule has 0 atom stereocenters. The van der Waals surface area contributed by atoms with Gasteiger partial charge in [0.1, 0.15) is 17.3 Å². The molecule has 0 aliphatic rings. The fraction of sp³-hybridized carbons (Fsp3) is 0. The summed E-state index contributed by atoms with van der Waals surface area (Å²) in [5.74, 6) is 1.71. The highest BCUT2D eigenvalue weighted by Gasteiger charge is 2.07. The van der Waals surface area contributed by atoms with Crippen molar-refractivity contribution < 1.29 is 9.90 Å². The summed E-state index contributed by atoms with van der Waals surface area (Å²) in [5, 5.41) is 9.98. The lowest BCUT2D eigenvalue weighted by Crippen LogP contribution is -1.90. The highest BCUT2D eigenvalue weighted by atomic mass is 16.3. The van der Waals surface area contributed by atoms with Crippen LogP contribution in [0.2, 0.25) is 0 Å². The van der Waals surface area contributed by atoms with E-state index in [0.29, 0.717) is 5.56 Å². The van der Waals surface area contributed by atoms with Gasteiger partial charge in [0.15, 0.2) is 0 Å². The van der Waals surface area contributed by atoms with Crippen molar-refractivity contribution >= 4 is 17.6 Å². The van der Waals surface area contributed by atoms with Crippen LogP contribution in [0.25, 0.3) is 11.6 Å². The summed E-state index contributed by atoms with van der Waals surface area (Å²) in [6.07, 6.45) is 1.55. The van der Waals surface area contributed by atoms with E-state index in [1.807, 2.05) is 48.5 Å². The Bertz CT molecular complexity index is 592. The summed E-state index contributed by atoms with van der Waals surface area (Å²) in [7, 11) is 0. The molecule has 2 aromatic rings. The molecule has 0 aliphatic carbocycles. The molecule has 88 valence electrons. The van der Waals surface area contributed by atoms with Gasteiger partial charge in [-0.25, -0.2) is 4.79 Å². The van der Waals surface area contributed by atoms with Gasteiger partial charge in [-0.3, -0.25) is 0 Å². The van der Waals surface area contributed by atoms with Gasteiger partial charge in [-0.2, -0.15) is 0 Å². The molecule has 2 rings (SSSR count). The van der Waals surface area contributed by atoms with Crippen LogP contribution in [-0.4, -0.2) is 11.0 Å². The second-order valence-electron chi connectivity index (χ2n) is 3.78. The Labute approximate surface area is 106 Å². The maximum atomic E-state index is 11.0. The first-order chi connectivity index (χ1) is 8.81. The van der Waals surface area contributed by atoms with Crippen molar-refractivity contribution in [3.05, 3.63) is 77.5 Å². The summed E-state index contributed by atoms with van der Waals surface area (Å²) in [6, 6.07) is 18.3. The number of rotatable bonds is 3. The van der Waals surface area contributed by atoms with Crippen molar-refractivity contribution in [3.63, 3.8) is 0 Å². The Hall–Kier alpha value is -2.57. The standard InChI is InChI=1S/C16H12O2/c17-12-15(14-9-5-2-6-10-14)16(18)11-13-7-3-1-4-8-13/h1-11,18H/b16-11-. The Kier molecular flexibility index (Phi) is 3.75. The SMILES string of the molecule is O=C=C(/C(O)=C/c1ccccc1)c1ccccc1. The zero-order valence-electron chi connectivity index (χ0n) is 9.71. The van der Waals surface area contributed by atoms with Crippen LogP contribution in [0.1, 0.15) is 11.1 Å². The molecule has 0 saturated carbocycles. The van der Waals surface area contributed by atoms with Gasteiger partial charge in [0.2, 0.25) is 0 Å². The topological polar surface area (TPSA) is 37.3 Å². The van der Waals surface area contributed by atoms with E-state index in [4.69, 9.17) is 0 Å². The number of aliphatic hydroxyl groups excluding tert-OH is 1. The molecule has 0 bridgehead atoms. The van der Waals surface area contributed by atoms with Crippen molar-refractivity contribution in [3.8, 4) is 0 Å². The summed E-state index contributed by atoms with van der Waals surface area (Å²) in [5.41, 5.74) is 1.65. The van der Waals surface area contributed by atoms with Gasteiger partial charge in [0.05, 0.1) is 0 Å². The summed E-state index contributed by atoms with van der Waals surface area (Å²) >= 11 is 0. The fourth-order valence-electron chi connectivity index (χ4n) is 1.64. The van der Waals surface area contributed by atoms with Gasteiger partial charge in [-0.15, -0.1) is 0 Å². The first kappa shape index (κ1) is 11.9. The zero-order chi connectivity index (χ0) is 12.8. The van der Waals surface area contributed by atoms with Crippen molar-refractivity contribution in [1.82, 2.24) is 0 Å². The minimum absolute atomic E-state index is 0.0811. The number of allylic oxidation sites excluding steroid dienone is 1. The third-order valence-corrected chi connectivity index (χ3v) is 2.52. The summed E-state index contributed by atoms with van der Waals surface area (Å²) in [4.78, 5) is 11.0. The van der Waals surface area contributed by atoms with E-state index in [-0.39, 0.29) is 11.3 Å². The van der Waals surface area contributed by atoms with Crippen LogP contribution in [0.15, 0.2) is 66.4 Å². The van der Waals surface area contributed by atoms with E-state index >= 15 is 0 Å². The number of hydrogen-bond acceptors (Lipinski definition) is 2. The molecule has 0 saturated heterocycles. The van der Waals surface area contributed by atoms with E-state index in [0.717, 1.165) is 5.56 Å². The van der Waals surface area contributed by atoms with Crippen molar-refractivity contribution in [2.75, 3.05) is 0 Å². The van der Waals surface area contributed by atoms with Crippen LogP contribution >= 0.6 is 0 Å². The molecule has 0 heterocycles. The third-order valence-electron chi connectivity index (χ3n) is 2.52. The Morgan fingerprint density at radius 2 is 1.50 bits per heavy atom. The average Bonchev–Trinajstić information content (AvgIpc) is 2.42. The van der Waals surface area contributed by atoms with Crippen LogP contribution in [0.4, 0.5) is 0 Å². The highest BCUT2D eigenvalue weighted by Crippen LogP contribution is 2.20. The normalized spacial score (nSPS) is 10.8. The minimum Gasteiger partial charge on any atom is -0.507 e.